The SMILES string of the molecule is CC(C)(C)COC(=O)C/C=C/CCCCCCCCCCCC(=O)OCC(C)(C)C. The van der Waals surface area contributed by atoms with Crippen LogP contribution in [0.15, 0.2) is 12.2 Å². The van der Waals surface area contributed by atoms with Crippen LogP contribution in [-0.4, -0.2) is 25.2 Å². The van der Waals surface area contributed by atoms with Crippen molar-refractivity contribution >= 4 is 11.9 Å². The summed E-state index contributed by atoms with van der Waals surface area (Å²) in [5.41, 5.74) is 0.0746. The predicted molar refractivity (Wildman–Crippen MR) is 125 cm³/mol. The average molecular weight is 425 g/mol. The Morgan fingerprint density at radius 2 is 1.03 bits per heavy atom. The summed E-state index contributed by atoms with van der Waals surface area (Å²) >= 11 is 0. The predicted octanol–water partition coefficient (Wildman–Crippen LogP) is 7.40. The van der Waals surface area contributed by atoms with E-state index in [2.05, 4.69) is 47.6 Å². The van der Waals surface area contributed by atoms with E-state index in [9.17, 15) is 9.59 Å². The van der Waals surface area contributed by atoms with Crippen LogP contribution in [0.3, 0.4) is 0 Å². The molecule has 0 saturated heterocycles. The molecule has 0 heterocycles. The van der Waals surface area contributed by atoms with Crippen molar-refractivity contribution in [1.29, 1.82) is 0 Å². The van der Waals surface area contributed by atoms with Crippen LogP contribution in [0.25, 0.3) is 0 Å². The summed E-state index contributed by atoms with van der Waals surface area (Å²) in [5, 5.41) is 0. The summed E-state index contributed by atoms with van der Waals surface area (Å²) in [5.74, 6) is -0.191. The fourth-order valence-corrected chi connectivity index (χ4v) is 2.79. The summed E-state index contributed by atoms with van der Waals surface area (Å²) in [4.78, 5) is 23.2. The van der Waals surface area contributed by atoms with Gasteiger partial charge in [-0.2, -0.15) is 0 Å². The van der Waals surface area contributed by atoms with Crippen LogP contribution in [0.5, 0.6) is 0 Å². The molecule has 0 aliphatic heterocycles. The van der Waals surface area contributed by atoms with Crippen LogP contribution in [0, 0.1) is 10.8 Å². The maximum atomic E-state index is 11.6. The minimum Gasteiger partial charge on any atom is -0.465 e. The number of unbranched alkanes of at least 4 members (excludes halogenated alkanes) is 9. The molecule has 0 aromatic rings. The molecule has 0 aromatic carbocycles. The molecule has 0 aromatic heterocycles. The Kier molecular flexibility index (Phi) is 15.7. The van der Waals surface area contributed by atoms with E-state index in [-0.39, 0.29) is 22.8 Å². The van der Waals surface area contributed by atoms with E-state index in [0.717, 1.165) is 19.3 Å². The Morgan fingerprint density at radius 3 is 1.53 bits per heavy atom. The highest BCUT2D eigenvalue weighted by molar-refractivity contribution is 5.71. The van der Waals surface area contributed by atoms with E-state index in [1.807, 2.05) is 6.08 Å². The zero-order chi connectivity index (χ0) is 22.9. The monoisotopic (exact) mass is 424 g/mol. The van der Waals surface area contributed by atoms with Gasteiger partial charge in [-0.1, -0.05) is 98.6 Å². The van der Waals surface area contributed by atoms with Gasteiger partial charge in [0.2, 0.25) is 0 Å². The number of ether oxygens (including phenoxy) is 2. The lowest BCUT2D eigenvalue weighted by atomic mass is 9.99. The number of rotatable bonds is 16. The van der Waals surface area contributed by atoms with Crippen molar-refractivity contribution in [1.82, 2.24) is 0 Å². The second kappa shape index (κ2) is 16.4. The van der Waals surface area contributed by atoms with Crippen LogP contribution < -0.4 is 0 Å². The summed E-state index contributed by atoms with van der Waals surface area (Å²) in [6, 6.07) is 0. The van der Waals surface area contributed by atoms with Crippen molar-refractivity contribution in [3.05, 3.63) is 12.2 Å². The van der Waals surface area contributed by atoms with Crippen LogP contribution in [0.1, 0.15) is 119 Å². The number of carbonyl (C=O) groups excluding carboxylic acids is 2. The third-order valence-electron chi connectivity index (χ3n) is 4.54. The number of allylic oxidation sites excluding steroid dienone is 1. The molecule has 0 rings (SSSR count). The number of esters is 2. The lowest BCUT2D eigenvalue weighted by Gasteiger charge is -2.17. The van der Waals surface area contributed by atoms with Gasteiger partial charge in [0, 0.05) is 6.42 Å². The van der Waals surface area contributed by atoms with E-state index >= 15 is 0 Å². The Morgan fingerprint density at radius 1 is 0.600 bits per heavy atom. The molecule has 4 nitrogen and oxygen atoms in total. The first-order chi connectivity index (χ1) is 14.0. The van der Waals surface area contributed by atoms with Crippen LogP contribution in [0.4, 0.5) is 0 Å². The largest absolute Gasteiger partial charge is 0.465 e. The second-order valence-electron chi connectivity index (χ2n) is 10.8. The molecular formula is C26H48O4. The second-order valence-corrected chi connectivity index (χ2v) is 10.8. The Labute approximate surface area is 186 Å². The average Bonchev–Trinajstić information content (AvgIpc) is 2.63. The van der Waals surface area contributed by atoms with Crippen molar-refractivity contribution in [2.45, 2.75) is 119 Å². The smallest absolute Gasteiger partial charge is 0.309 e. The molecule has 0 aliphatic rings. The standard InChI is InChI=1S/C26H48O4/c1-25(2,3)21-29-23(27)19-17-15-13-11-9-7-8-10-12-14-16-18-20-24(28)30-22-26(4,5)6/h15,17H,7-14,16,18-22H2,1-6H3/b17-15+. The van der Waals surface area contributed by atoms with Crippen LogP contribution >= 0.6 is 0 Å². The highest BCUT2D eigenvalue weighted by Crippen LogP contribution is 2.15. The highest BCUT2D eigenvalue weighted by atomic mass is 16.5. The fraction of sp³-hybridized carbons (Fsp3) is 0.846. The quantitative estimate of drug-likeness (QED) is 0.147. The van der Waals surface area contributed by atoms with Crippen molar-refractivity contribution < 1.29 is 19.1 Å². The molecule has 0 radical (unpaired) electrons. The molecule has 4 heteroatoms. The molecule has 30 heavy (non-hydrogen) atoms. The van der Waals surface area contributed by atoms with E-state index in [4.69, 9.17) is 9.47 Å². The number of hydrogen-bond donors (Lipinski definition) is 0. The van der Waals surface area contributed by atoms with Gasteiger partial charge in [-0.05, 0) is 30.1 Å². The summed E-state index contributed by atoms with van der Waals surface area (Å²) < 4.78 is 10.5. The van der Waals surface area contributed by atoms with E-state index in [0.29, 0.717) is 26.1 Å². The normalized spacial score (nSPS) is 12.3. The van der Waals surface area contributed by atoms with E-state index < -0.39 is 0 Å². The number of hydrogen-bond acceptors (Lipinski definition) is 4. The summed E-state index contributed by atoms with van der Waals surface area (Å²) in [6.07, 6.45) is 16.8. The number of carbonyl (C=O) groups is 2. The van der Waals surface area contributed by atoms with Gasteiger partial charge < -0.3 is 9.47 Å². The maximum Gasteiger partial charge on any atom is 0.309 e. The minimum absolute atomic E-state index is 0.0271. The zero-order valence-corrected chi connectivity index (χ0v) is 20.7. The highest BCUT2D eigenvalue weighted by Gasteiger charge is 2.13. The minimum atomic E-state index is -0.136. The van der Waals surface area contributed by atoms with Crippen LogP contribution in [0.2, 0.25) is 0 Å². The molecule has 0 bridgehead atoms. The molecule has 0 N–H and O–H groups in total. The molecule has 0 spiro atoms. The van der Waals surface area contributed by atoms with Gasteiger partial charge >= 0.3 is 11.9 Å². The van der Waals surface area contributed by atoms with Gasteiger partial charge in [0.25, 0.3) is 0 Å². The van der Waals surface area contributed by atoms with Gasteiger partial charge in [-0.3, -0.25) is 9.59 Å². The van der Waals surface area contributed by atoms with Crippen molar-refractivity contribution in [2.75, 3.05) is 13.2 Å². The lowest BCUT2D eigenvalue weighted by Crippen LogP contribution is -2.18. The van der Waals surface area contributed by atoms with Gasteiger partial charge in [0.05, 0.1) is 19.6 Å². The Hall–Kier alpha value is -1.32. The Balaban J connectivity index is 3.37. The van der Waals surface area contributed by atoms with E-state index in [1.165, 1.54) is 44.9 Å². The van der Waals surface area contributed by atoms with Gasteiger partial charge in [-0.25, -0.2) is 0 Å². The topological polar surface area (TPSA) is 52.6 Å². The van der Waals surface area contributed by atoms with Crippen molar-refractivity contribution in [3.63, 3.8) is 0 Å². The molecule has 0 saturated carbocycles. The first kappa shape index (κ1) is 28.7. The van der Waals surface area contributed by atoms with Crippen LogP contribution in [-0.2, 0) is 19.1 Å². The van der Waals surface area contributed by atoms with Gasteiger partial charge in [-0.15, -0.1) is 0 Å². The van der Waals surface area contributed by atoms with Gasteiger partial charge in [0.1, 0.15) is 0 Å². The fourth-order valence-electron chi connectivity index (χ4n) is 2.79. The summed E-state index contributed by atoms with van der Waals surface area (Å²) in [7, 11) is 0. The zero-order valence-electron chi connectivity index (χ0n) is 20.7. The van der Waals surface area contributed by atoms with Crippen molar-refractivity contribution in [3.8, 4) is 0 Å². The third kappa shape index (κ3) is 23.0. The molecule has 0 unspecified atom stereocenters. The Bertz CT molecular complexity index is 480. The van der Waals surface area contributed by atoms with Gasteiger partial charge in [0.15, 0.2) is 0 Å². The molecule has 176 valence electrons. The first-order valence-corrected chi connectivity index (χ1v) is 12.0. The maximum absolute atomic E-state index is 11.6. The lowest BCUT2D eigenvalue weighted by molar-refractivity contribution is -0.146. The third-order valence-corrected chi connectivity index (χ3v) is 4.54. The van der Waals surface area contributed by atoms with Crippen molar-refractivity contribution in [2.24, 2.45) is 10.8 Å². The molecule has 0 amide bonds. The molecule has 0 fully saturated rings. The molecular weight excluding hydrogens is 376 g/mol. The molecule has 0 aliphatic carbocycles. The molecule has 0 atom stereocenters. The first-order valence-electron chi connectivity index (χ1n) is 12.0. The summed E-state index contributed by atoms with van der Waals surface area (Å²) in [6.45, 7) is 13.4. The van der Waals surface area contributed by atoms with E-state index in [1.54, 1.807) is 0 Å².